The first kappa shape index (κ1) is 15.4. The predicted molar refractivity (Wildman–Crippen MR) is 73.6 cm³/mol. The van der Waals surface area contributed by atoms with Gasteiger partial charge in [-0.3, -0.25) is 19.7 Å². The number of hydrogen-bond acceptors (Lipinski definition) is 5. The van der Waals surface area contributed by atoms with Gasteiger partial charge in [-0.2, -0.15) is 0 Å². The lowest BCUT2D eigenvalue weighted by Crippen LogP contribution is -2.43. The van der Waals surface area contributed by atoms with Crippen LogP contribution in [0.1, 0.15) is 17.3 Å². The second-order valence-electron chi connectivity index (χ2n) is 4.02. The Hall–Kier alpha value is -2.64. The summed E-state index contributed by atoms with van der Waals surface area (Å²) in [6, 6.07) is 3.42. The van der Waals surface area contributed by atoms with Crippen LogP contribution < -0.4 is 16.0 Å². The highest BCUT2D eigenvalue weighted by Gasteiger charge is 2.22. The molecule has 1 aromatic carbocycles. The molecular formula is C12H16N4O4. The zero-order valence-electron chi connectivity index (χ0n) is 11.4. The Kier molecular flexibility index (Phi) is 5.01. The van der Waals surface area contributed by atoms with Gasteiger partial charge in [-0.1, -0.05) is 6.07 Å². The van der Waals surface area contributed by atoms with Gasteiger partial charge in [0.1, 0.15) is 11.7 Å². The Balaban J connectivity index is 3.07. The number of carbonyl (C=O) groups is 2. The number of para-hydroxylation sites is 1. The number of likely N-dealkylation sites (N-methyl/N-ethyl adjacent to an activating group) is 1. The first-order chi connectivity index (χ1) is 9.42. The summed E-state index contributed by atoms with van der Waals surface area (Å²) < 4.78 is 0. The van der Waals surface area contributed by atoms with E-state index >= 15 is 0 Å². The lowest BCUT2D eigenvalue weighted by Gasteiger charge is -2.14. The largest absolute Gasteiger partial charge is 0.382 e. The van der Waals surface area contributed by atoms with E-state index in [9.17, 15) is 19.7 Å². The van der Waals surface area contributed by atoms with Crippen LogP contribution in [0.15, 0.2) is 18.2 Å². The zero-order chi connectivity index (χ0) is 15.3. The van der Waals surface area contributed by atoms with Crippen molar-refractivity contribution in [3.8, 4) is 0 Å². The van der Waals surface area contributed by atoms with E-state index in [2.05, 4.69) is 16.0 Å². The summed E-state index contributed by atoms with van der Waals surface area (Å²) in [5, 5.41) is 18.4. The minimum absolute atomic E-state index is 0.109. The maximum Gasteiger partial charge on any atom is 0.293 e. The van der Waals surface area contributed by atoms with Crippen LogP contribution in [0, 0.1) is 10.1 Å². The summed E-state index contributed by atoms with van der Waals surface area (Å²) >= 11 is 0. The van der Waals surface area contributed by atoms with Crippen molar-refractivity contribution in [1.29, 1.82) is 0 Å². The lowest BCUT2D eigenvalue weighted by molar-refractivity contribution is -0.384. The summed E-state index contributed by atoms with van der Waals surface area (Å²) in [7, 11) is 2.94. The third-order valence-electron chi connectivity index (χ3n) is 2.72. The van der Waals surface area contributed by atoms with Gasteiger partial charge in [0.2, 0.25) is 5.91 Å². The van der Waals surface area contributed by atoms with Gasteiger partial charge in [0.05, 0.1) is 10.5 Å². The fourth-order valence-corrected chi connectivity index (χ4v) is 1.70. The van der Waals surface area contributed by atoms with Crippen LogP contribution in [0.4, 0.5) is 11.4 Å². The minimum Gasteiger partial charge on any atom is -0.382 e. The van der Waals surface area contributed by atoms with Gasteiger partial charge in [-0.05, 0) is 13.0 Å². The van der Waals surface area contributed by atoms with Gasteiger partial charge >= 0.3 is 0 Å². The average Bonchev–Trinajstić information content (AvgIpc) is 2.44. The van der Waals surface area contributed by atoms with Crippen LogP contribution in [0.2, 0.25) is 0 Å². The molecule has 20 heavy (non-hydrogen) atoms. The molecule has 1 aromatic rings. The first-order valence-corrected chi connectivity index (χ1v) is 5.90. The molecule has 0 fully saturated rings. The number of nitrogens with one attached hydrogen (secondary N) is 3. The lowest BCUT2D eigenvalue weighted by atomic mass is 10.1. The van der Waals surface area contributed by atoms with Crippen molar-refractivity contribution in [2.75, 3.05) is 19.4 Å². The molecule has 0 radical (unpaired) electrons. The number of benzene rings is 1. The van der Waals surface area contributed by atoms with E-state index in [4.69, 9.17) is 0 Å². The van der Waals surface area contributed by atoms with Crippen LogP contribution in [-0.4, -0.2) is 36.9 Å². The van der Waals surface area contributed by atoms with E-state index in [0.717, 1.165) is 0 Å². The zero-order valence-corrected chi connectivity index (χ0v) is 11.4. The van der Waals surface area contributed by atoms with Crippen molar-refractivity contribution in [2.45, 2.75) is 13.0 Å². The third-order valence-corrected chi connectivity index (χ3v) is 2.72. The molecule has 8 nitrogen and oxygen atoms in total. The van der Waals surface area contributed by atoms with Crippen molar-refractivity contribution in [3.63, 3.8) is 0 Å². The van der Waals surface area contributed by atoms with Crippen molar-refractivity contribution in [2.24, 2.45) is 0 Å². The van der Waals surface area contributed by atoms with E-state index in [-0.39, 0.29) is 22.8 Å². The quantitative estimate of drug-likeness (QED) is 0.537. The number of rotatable bonds is 5. The topological polar surface area (TPSA) is 113 Å². The smallest absolute Gasteiger partial charge is 0.293 e. The molecule has 8 heteroatoms. The molecule has 0 saturated heterocycles. The number of nitro benzene ring substituents is 1. The van der Waals surface area contributed by atoms with Gasteiger partial charge in [0.15, 0.2) is 0 Å². The van der Waals surface area contributed by atoms with Crippen molar-refractivity contribution in [1.82, 2.24) is 10.6 Å². The molecule has 0 aliphatic heterocycles. The van der Waals surface area contributed by atoms with Crippen LogP contribution in [0.3, 0.4) is 0 Å². The van der Waals surface area contributed by atoms with E-state index in [1.54, 1.807) is 0 Å². The fraction of sp³-hybridized carbons (Fsp3) is 0.333. The molecule has 1 unspecified atom stereocenters. The Morgan fingerprint density at radius 1 is 1.30 bits per heavy atom. The molecule has 0 heterocycles. The molecule has 1 rings (SSSR count). The normalized spacial score (nSPS) is 11.3. The summed E-state index contributed by atoms with van der Waals surface area (Å²) in [4.78, 5) is 33.8. The highest BCUT2D eigenvalue weighted by atomic mass is 16.6. The molecule has 1 atom stereocenters. The highest BCUT2D eigenvalue weighted by molar-refractivity contribution is 6.03. The van der Waals surface area contributed by atoms with Crippen LogP contribution in [0.25, 0.3) is 0 Å². The summed E-state index contributed by atoms with van der Waals surface area (Å²) in [6.45, 7) is 1.52. The Bertz CT molecular complexity index is 544. The first-order valence-electron chi connectivity index (χ1n) is 5.90. The van der Waals surface area contributed by atoms with E-state index < -0.39 is 16.9 Å². The minimum atomic E-state index is -0.739. The van der Waals surface area contributed by atoms with E-state index in [1.807, 2.05) is 0 Å². The average molecular weight is 280 g/mol. The molecule has 0 aromatic heterocycles. The third kappa shape index (κ3) is 3.22. The van der Waals surface area contributed by atoms with Gasteiger partial charge in [0, 0.05) is 20.2 Å². The summed E-state index contributed by atoms with van der Waals surface area (Å²) in [6.07, 6.45) is 0. The maximum atomic E-state index is 12.1. The van der Waals surface area contributed by atoms with E-state index in [1.165, 1.54) is 39.2 Å². The number of carbonyl (C=O) groups excluding carboxylic acids is 2. The fourth-order valence-electron chi connectivity index (χ4n) is 1.70. The van der Waals surface area contributed by atoms with Gasteiger partial charge in [0.25, 0.3) is 11.6 Å². The second-order valence-corrected chi connectivity index (χ2v) is 4.02. The molecule has 3 N–H and O–H groups in total. The molecule has 2 amide bonds. The SMILES string of the molecule is CNC(=O)C(C)NC(=O)c1cccc([N+](=O)[O-])c1NC. The maximum absolute atomic E-state index is 12.1. The van der Waals surface area contributed by atoms with Gasteiger partial charge in [-0.25, -0.2) is 0 Å². The number of anilines is 1. The number of nitrogens with zero attached hydrogens (tertiary/aromatic N) is 1. The standard InChI is InChI=1S/C12H16N4O4/c1-7(11(17)14-3)15-12(18)8-5-4-6-9(16(19)20)10(8)13-2/h4-7,13H,1-3H3,(H,14,17)(H,15,18). The summed E-state index contributed by atoms with van der Waals surface area (Å²) in [5.41, 5.74) is 0.0179. The molecule has 0 aliphatic carbocycles. The van der Waals surface area contributed by atoms with Gasteiger partial charge in [-0.15, -0.1) is 0 Å². The highest BCUT2D eigenvalue weighted by Crippen LogP contribution is 2.27. The number of amides is 2. The predicted octanol–water partition coefficient (Wildman–Crippen LogP) is 0.501. The molecule has 0 aliphatic rings. The molecular weight excluding hydrogens is 264 g/mol. The Labute approximate surface area is 115 Å². The monoisotopic (exact) mass is 280 g/mol. The second kappa shape index (κ2) is 6.50. The van der Waals surface area contributed by atoms with Crippen molar-refractivity contribution in [3.05, 3.63) is 33.9 Å². The molecule has 0 bridgehead atoms. The van der Waals surface area contributed by atoms with Crippen LogP contribution in [-0.2, 0) is 4.79 Å². The molecule has 108 valence electrons. The van der Waals surface area contributed by atoms with Crippen molar-refractivity contribution < 1.29 is 14.5 Å². The number of nitro groups is 1. The molecule has 0 spiro atoms. The van der Waals surface area contributed by atoms with Crippen LogP contribution >= 0.6 is 0 Å². The number of hydrogen-bond donors (Lipinski definition) is 3. The van der Waals surface area contributed by atoms with E-state index in [0.29, 0.717) is 0 Å². The molecule has 0 saturated carbocycles. The summed E-state index contributed by atoms with van der Waals surface area (Å²) in [5.74, 6) is -0.913. The van der Waals surface area contributed by atoms with Gasteiger partial charge < -0.3 is 16.0 Å². The van der Waals surface area contributed by atoms with Crippen molar-refractivity contribution >= 4 is 23.2 Å². The van der Waals surface area contributed by atoms with Crippen LogP contribution in [0.5, 0.6) is 0 Å². The Morgan fingerprint density at radius 3 is 2.45 bits per heavy atom. The Morgan fingerprint density at radius 2 is 1.95 bits per heavy atom.